The molecule has 40 heavy (non-hydrogen) atoms. The van der Waals surface area contributed by atoms with E-state index in [0.717, 1.165) is 79.1 Å². The van der Waals surface area contributed by atoms with Crippen molar-refractivity contribution in [1.82, 2.24) is 9.88 Å². The number of hydrogen-bond donors (Lipinski definition) is 1. The van der Waals surface area contributed by atoms with Gasteiger partial charge in [0, 0.05) is 17.6 Å². The summed E-state index contributed by atoms with van der Waals surface area (Å²) in [5, 5.41) is 13.9. The van der Waals surface area contributed by atoms with E-state index in [1.807, 2.05) is 34.9 Å². The minimum Gasteiger partial charge on any atom is -0.333 e. The summed E-state index contributed by atoms with van der Waals surface area (Å²) in [7, 11) is 0. The quantitative estimate of drug-likeness (QED) is 0.342. The first-order valence-electron chi connectivity index (χ1n) is 14.3. The van der Waals surface area contributed by atoms with Crippen LogP contribution in [0.5, 0.6) is 0 Å². The number of hydrogen-bond acceptors (Lipinski definition) is 2. The number of aryl methyl sites for hydroxylation is 1. The zero-order chi connectivity index (χ0) is 28.1. The number of carbonyl (C=O) groups excluding carboxylic acids is 1. The summed E-state index contributed by atoms with van der Waals surface area (Å²) in [6.07, 6.45) is 18.4. The van der Waals surface area contributed by atoms with Gasteiger partial charge in [0.1, 0.15) is 5.82 Å². The number of nitrogens with zero attached hydrogens (tertiary/aromatic N) is 2. The van der Waals surface area contributed by atoms with Crippen LogP contribution in [0, 0.1) is 29.0 Å². The number of nitriles is 1. The molecule has 2 aromatic carbocycles. The predicted octanol–water partition coefficient (Wildman–Crippen LogP) is 8.76. The lowest BCUT2D eigenvalue weighted by Crippen LogP contribution is -2.31. The summed E-state index contributed by atoms with van der Waals surface area (Å²) in [6.45, 7) is 2.69. The van der Waals surface area contributed by atoms with E-state index in [-0.39, 0.29) is 11.1 Å². The molecular formula is C34H35ClFN3O. The van der Waals surface area contributed by atoms with Gasteiger partial charge in [0.15, 0.2) is 0 Å². The lowest BCUT2D eigenvalue weighted by Gasteiger charge is -2.20. The predicted molar refractivity (Wildman–Crippen MR) is 161 cm³/mol. The molecule has 2 aliphatic rings. The van der Waals surface area contributed by atoms with E-state index in [2.05, 4.69) is 42.6 Å². The molecule has 0 saturated heterocycles. The number of fused-ring (bicyclic) bond motifs is 3. The average molecular weight is 556 g/mol. The van der Waals surface area contributed by atoms with Crippen molar-refractivity contribution in [3.8, 4) is 6.07 Å². The Morgan fingerprint density at radius 2 is 2.08 bits per heavy atom. The molecular weight excluding hydrogens is 521 g/mol. The van der Waals surface area contributed by atoms with E-state index in [0.29, 0.717) is 23.9 Å². The van der Waals surface area contributed by atoms with Crippen LogP contribution in [-0.4, -0.2) is 17.1 Å². The molecule has 6 heteroatoms. The van der Waals surface area contributed by atoms with Crippen molar-refractivity contribution in [3.63, 3.8) is 0 Å². The van der Waals surface area contributed by atoms with Crippen molar-refractivity contribution in [1.29, 1.82) is 5.26 Å². The van der Waals surface area contributed by atoms with Crippen LogP contribution in [0.4, 0.5) is 9.18 Å². The summed E-state index contributed by atoms with van der Waals surface area (Å²) in [5.41, 5.74) is 5.56. The van der Waals surface area contributed by atoms with Gasteiger partial charge in [0.2, 0.25) is 0 Å². The molecule has 0 bridgehead atoms. The van der Waals surface area contributed by atoms with Crippen LogP contribution in [0.15, 0.2) is 66.3 Å². The van der Waals surface area contributed by atoms with E-state index >= 15 is 0 Å². The number of rotatable bonds is 5. The normalized spacial score (nSPS) is 19.4. The minimum absolute atomic E-state index is 0.131. The Morgan fingerprint density at radius 1 is 1.20 bits per heavy atom. The molecule has 2 unspecified atom stereocenters. The Balaban J connectivity index is 1.37. The second kappa shape index (κ2) is 12.7. The molecule has 0 saturated carbocycles. The van der Waals surface area contributed by atoms with Crippen LogP contribution in [0.25, 0.3) is 17.0 Å². The highest BCUT2D eigenvalue weighted by molar-refractivity contribution is 6.30. The first-order valence-corrected chi connectivity index (χ1v) is 14.6. The molecule has 1 aromatic heterocycles. The molecule has 0 aliphatic heterocycles. The third-order valence-electron chi connectivity index (χ3n) is 8.18. The van der Waals surface area contributed by atoms with Gasteiger partial charge in [-0.05, 0) is 104 Å². The Labute approximate surface area is 240 Å². The van der Waals surface area contributed by atoms with Crippen molar-refractivity contribution >= 4 is 34.6 Å². The third-order valence-corrected chi connectivity index (χ3v) is 8.48. The largest absolute Gasteiger partial charge is 0.333 e. The highest BCUT2D eigenvalue weighted by atomic mass is 35.5. The highest BCUT2D eigenvalue weighted by Gasteiger charge is 2.24. The Hall–Kier alpha value is -3.62. The summed E-state index contributed by atoms with van der Waals surface area (Å²) in [6, 6.07) is 12.6. The van der Waals surface area contributed by atoms with Crippen LogP contribution in [0.2, 0.25) is 5.02 Å². The highest BCUT2D eigenvalue weighted by Crippen LogP contribution is 2.34. The van der Waals surface area contributed by atoms with Crippen LogP contribution in [0.1, 0.15) is 67.8 Å². The molecule has 0 radical (unpaired) electrons. The maximum absolute atomic E-state index is 13.8. The van der Waals surface area contributed by atoms with Gasteiger partial charge >= 0.3 is 6.03 Å². The van der Waals surface area contributed by atoms with Gasteiger partial charge in [0.25, 0.3) is 0 Å². The van der Waals surface area contributed by atoms with E-state index in [1.165, 1.54) is 11.6 Å². The molecule has 5 rings (SSSR count). The van der Waals surface area contributed by atoms with Crippen molar-refractivity contribution in [3.05, 3.63) is 99.5 Å². The summed E-state index contributed by atoms with van der Waals surface area (Å²) >= 11 is 5.81. The first-order chi connectivity index (χ1) is 19.4. The van der Waals surface area contributed by atoms with Gasteiger partial charge in [-0.15, -0.1) is 0 Å². The Bertz CT molecular complexity index is 1540. The molecule has 1 N–H and O–H groups in total. The van der Waals surface area contributed by atoms with Gasteiger partial charge in [-0.25, -0.2) is 9.18 Å². The second-order valence-electron chi connectivity index (χ2n) is 11.1. The topological polar surface area (TPSA) is 57.8 Å². The summed E-state index contributed by atoms with van der Waals surface area (Å²) in [4.78, 5) is 13.7. The molecule has 0 fully saturated rings. The number of benzene rings is 2. The fraction of sp³-hybridized carbons (Fsp3) is 0.353. The van der Waals surface area contributed by atoms with Gasteiger partial charge in [-0.3, -0.25) is 4.57 Å². The van der Waals surface area contributed by atoms with Gasteiger partial charge in [-0.2, -0.15) is 5.26 Å². The number of amides is 1. The fourth-order valence-electron chi connectivity index (χ4n) is 5.92. The average Bonchev–Trinajstić information content (AvgIpc) is 3.07. The molecule has 2 aliphatic carbocycles. The molecule has 0 spiro atoms. The van der Waals surface area contributed by atoms with E-state index in [9.17, 15) is 14.4 Å². The number of carbonyl (C=O) groups is 1. The lowest BCUT2D eigenvalue weighted by molar-refractivity contribution is 0.243. The van der Waals surface area contributed by atoms with E-state index < -0.39 is 5.82 Å². The fourth-order valence-corrected chi connectivity index (χ4v) is 6.04. The third kappa shape index (κ3) is 6.40. The zero-order valence-corrected chi connectivity index (χ0v) is 23.7. The van der Waals surface area contributed by atoms with Crippen LogP contribution in [-0.2, 0) is 12.8 Å². The Morgan fingerprint density at radius 3 is 2.90 bits per heavy atom. The number of nitrogens with one attached hydrogen (secondary N) is 1. The molecule has 1 amide bonds. The molecule has 3 aromatic rings. The lowest BCUT2D eigenvalue weighted by atomic mass is 9.87. The van der Waals surface area contributed by atoms with Crippen molar-refractivity contribution in [2.24, 2.45) is 11.8 Å². The second-order valence-corrected chi connectivity index (χ2v) is 11.5. The maximum Gasteiger partial charge on any atom is 0.326 e. The monoisotopic (exact) mass is 555 g/mol. The first kappa shape index (κ1) is 27.9. The van der Waals surface area contributed by atoms with Crippen molar-refractivity contribution in [2.45, 2.75) is 58.3 Å². The van der Waals surface area contributed by atoms with E-state index in [4.69, 9.17) is 11.6 Å². The van der Waals surface area contributed by atoms with Crippen LogP contribution in [0.3, 0.4) is 0 Å². The summed E-state index contributed by atoms with van der Waals surface area (Å²) in [5.74, 6) is 0.597. The number of allylic oxidation sites excluding steroid dienone is 3. The van der Waals surface area contributed by atoms with Crippen molar-refractivity contribution in [2.75, 3.05) is 6.54 Å². The van der Waals surface area contributed by atoms with Crippen molar-refractivity contribution < 1.29 is 9.18 Å². The minimum atomic E-state index is -0.408. The maximum atomic E-state index is 13.8. The van der Waals surface area contributed by atoms with Gasteiger partial charge < -0.3 is 5.32 Å². The van der Waals surface area contributed by atoms with Gasteiger partial charge in [0.05, 0.1) is 22.2 Å². The SMILES string of the molecule is CC1C=CC(CNC(=O)n2c3c(c4ccc(C#N)cc42)CCCC(C/C=C/c2ccc(Cl)c(F)c2)CC3)=CCC1. The zero-order valence-electron chi connectivity index (χ0n) is 22.9. The molecule has 206 valence electrons. The number of aromatic nitrogens is 1. The molecule has 1 heterocycles. The van der Waals surface area contributed by atoms with Gasteiger partial charge in [-0.1, -0.05) is 61.0 Å². The molecule has 2 atom stereocenters. The summed E-state index contributed by atoms with van der Waals surface area (Å²) < 4.78 is 15.6. The standard InChI is InChI=1S/C34H35ClFN3O/c1-23-5-2-9-26(12-11-23)22-38-34(40)39-32-18-15-24(6-3-8-25-14-17-30(35)31(36)19-25)7-4-10-28(32)29-16-13-27(21-37)20-33(29)39/h3,8-9,11-14,16-17,19-20,23-24H,2,4-7,10,15,18,22H2,1H3,(H,38,40)/b8-3+. The van der Waals surface area contributed by atoms with Crippen LogP contribution < -0.4 is 5.32 Å². The van der Waals surface area contributed by atoms with E-state index in [1.54, 1.807) is 6.07 Å². The molecule has 4 nitrogen and oxygen atoms in total. The Kier molecular flexibility index (Phi) is 8.87. The van der Waals surface area contributed by atoms with Crippen LogP contribution >= 0.6 is 11.6 Å². The smallest absolute Gasteiger partial charge is 0.326 e. The number of halogens is 2.